The minimum atomic E-state index is -5.69. The van der Waals surface area contributed by atoms with Crippen molar-refractivity contribution in [1.82, 2.24) is 0 Å². The third-order valence-corrected chi connectivity index (χ3v) is 19.5. The Morgan fingerprint density at radius 3 is 1.14 bits per heavy atom. The van der Waals surface area contributed by atoms with Crippen LogP contribution < -0.4 is 0 Å². The van der Waals surface area contributed by atoms with E-state index in [4.69, 9.17) is 42.2 Å². The highest BCUT2D eigenvalue weighted by Crippen LogP contribution is 2.49. The molecule has 1 aliphatic carbocycles. The molecular weight excluding hydrogens is 1270 g/mol. The summed E-state index contributed by atoms with van der Waals surface area (Å²) in [6.07, 6.45) is 11.5. The third kappa shape index (κ3) is 36.5. The van der Waals surface area contributed by atoms with E-state index in [-0.39, 0.29) is 19.3 Å². The predicted octanol–water partition coefficient (Wildman–Crippen LogP) is 9.96. The average Bonchev–Trinajstić information content (AvgIpc) is 0.765. The molecule has 2 aliphatic heterocycles. The molecule has 2 heterocycles. The zero-order valence-corrected chi connectivity index (χ0v) is 59.6. The van der Waals surface area contributed by atoms with Crippen molar-refractivity contribution in [2.75, 3.05) is 26.4 Å². The SMILES string of the molecule is CCCCCCCC/C=C\CCCCCC(=O)OC(COC(=O)CCCCCCCCCCCCC)COP(=O)(O)OC1C(OC2OC(CO)C(O)C(O)C2O)C(O)C(O)C(O)C1OC1OC(COC(=O)CCCCCCCCCCCCCCCCCCC)C(O)C(O)C1O. The standard InChI is InChI=1S/C71H131O24P/c1-4-7-10-13-16-19-22-24-25-26-27-29-31-34-37-40-43-46-56(74)88-51-54-59(77)61(79)66(84)71(92-54)94-68-64(82)62(80)63(81)67(93-70-65(83)60(78)58(76)53(48-72)91-70)69(68)95-96(85,86)89-50-52(49-87-55(73)45-42-39-36-33-30-21-18-15-12-9-6-3)90-57(75)47-44-41-38-35-32-28-23-20-17-14-11-8-5-2/h28,32,52-54,58-72,76-84H,4-27,29-31,33-51H2,1-3H3,(H,85,86)/b32-28-. The zero-order chi connectivity index (χ0) is 70.4. The Morgan fingerprint density at radius 1 is 0.396 bits per heavy atom. The van der Waals surface area contributed by atoms with Crippen molar-refractivity contribution in [3.63, 3.8) is 0 Å². The summed E-state index contributed by atoms with van der Waals surface area (Å²) < 4.78 is 64.9. The molecule has 0 aromatic heterocycles. The molecule has 3 rings (SSSR count). The Labute approximate surface area is 573 Å². The molecule has 0 aromatic carbocycles. The minimum Gasteiger partial charge on any atom is -0.463 e. The predicted molar refractivity (Wildman–Crippen MR) is 361 cm³/mol. The van der Waals surface area contributed by atoms with Crippen LogP contribution in [0.5, 0.6) is 0 Å². The van der Waals surface area contributed by atoms with Crippen LogP contribution in [0.3, 0.4) is 0 Å². The van der Waals surface area contributed by atoms with E-state index in [2.05, 4.69) is 32.9 Å². The molecule has 18 unspecified atom stereocenters. The number of ether oxygens (including phenoxy) is 7. The first-order valence-corrected chi connectivity index (χ1v) is 39.0. The second kappa shape index (κ2) is 53.5. The lowest BCUT2D eigenvalue weighted by Crippen LogP contribution is -2.69. The van der Waals surface area contributed by atoms with Crippen molar-refractivity contribution in [3.8, 4) is 0 Å². The van der Waals surface area contributed by atoms with Gasteiger partial charge in [-0.2, -0.15) is 0 Å². The maximum Gasteiger partial charge on any atom is 0.472 e. The number of allylic oxidation sites excluding steroid dienone is 2. The largest absolute Gasteiger partial charge is 0.472 e. The molecule has 3 aliphatic rings. The first-order chi connectivity index (χ1) is 46.3. The van der Waals surface area contributed by atoms with Gasteiger partial charge < -0.3 is 89.1 Å². The first kappa shape index (κ1) is 87.9. The second-order valence-electron chi connectivity index (χ2n) is 27.0. The number of hydrogen-bond donors (Lipinski definition) is 11. The number of phosphoric acid groups is 1. The summed E-state index contributed by atoms with van der Waals surface area (Å²) in [7, 11) is -5.69. The molecule has 0 radical (unpaired) electrons. The highest BCUT2D eigenvalue weighted by atomic mass is 31.2. The lowest BCUT2D eigenvalue weighted by Gasteiger charge is -2.49. The molecule has 0 amide bonds. The maximum absolute atomic E-state index is 14.3. The number of aliphatic hydroxyl groups excluding tert-OH is 10. The van der Waals surface area contributed by atoms with Gasteiger partial charge in [-0.25, -0.2) is 4.57 Å². The van der Waals surface area contributed by atoms with Gasteiger partial charge in [0.2, 0.25) is 0 Å². The van der Waals surface area contributed by atoms with E-state index in [9.17, 15) is 74.9 Å². The number of unbranched alkanes of at least 4 members (excludes halogenated alkanes) is 35. The number of hydrogen-bond acceptors (Lipinski definition) is 23. The van der Waals surface area contributed by atoms with Crippen molar-refractivity contribution in [1.29, 1.82) is 0 Å². The summed E-state index contributed by atoms with van der Waals surface area (Å²) in [5.41, 5.74) is 0. The van der Waals surface area contributed by atoms with Crippen molar-refractivity contribution in [2.24, 2.45) is 0 Å². The van der Waals surface area contributed by atoms with Gasteiger partial charge in [0, 0.05) is 19.3 Å². The second-order valence-corrected chi connectivity index (χ2v) is 28.4. The smallest absolute Gasteiger partial charge is 0.463 e. The number of esters is 3. The summed E-state index contributed by atoms with van der Waals surface area (Å²) in [5, 5.41) is 110. The minimum absolute atomic E-state index is 0.0324. The van der Waals surface area contributed by atoms with Crippen LogP contribution in [0.1, 0.15) is 290 Å². The van der Waals surface area contributed by atoms with E-state index in [0.717, 1.165) is 89.9 Å². The highest BCUT2D eigenvalue weighted by molar-refractivity contribution is 7.47. The molecule has 0 spiro atoms. The van der Waals surface area contributed by atoms with Gasteiger partial charge in [0.25, 0.3) is 0 Å². The molecule has 3 fully saturated rings. The molecule has 0 aromatic rings. The number of aliphatic hydroxyl groups is 10. The molecule has 11 N–H and O–H groups in total. The van der Waals surface area contributed by atoms with Crippen molar-refractivity contribution < 1.29 is 117 Å². The van der Waals surface area contributed by atoms with Crippen molar-refractivity contribution >= 4 is 25.7 Å². The number of rotatable bonds is 58. The van der Waals surface area contributed by atoms with Gasteiger partial charge in [-0.1, -0.05) is 238 Å². The number of carbonyl (C=O) groups excluding carboxylic acids is 3. The van der Waals surface area contributed by atoms with Crippen LogP contribution in [-0.2, 0) is 61.2 Å². The molecule has 0 bridgehead atoms. The van der Waals surface area contributed by atoms with E-state index in [1.165, 1.54) is 135 Å². The number of phosphoric ester groups is 1. The van der Waals surface area contributed by atoms with E-state index >= 15 is 0 Å². The first-order valence-electron chi connectivity index (χ1n) is 37.5. The van der Waals surface area contributed by atoms with E-state index in [0.29, 0.717) is 25.7 Å². The summed E-state index contributed by atoms with van der Waals surface area (Å²) in [4.78, 5) is 50.9. The highest BCUT2D eigenvalue weighted by Gasteiger charge is 2.58. The van der Waals surface area contributed by atoms with Crippen LogP contribution in [0.15, 0.2) is 12.2 Å². The fraction of sp³-hybridized carbons (Fsp3) is 0.930. The van der Waals surface area contributed by atoms with Gasteiger partial charge in [-0.15, -0.1) is 0 Å². The summed E-state index contributed by atoms with van der Waals surface area (Å²) in [6, 6.07) is 0. The Balaban J connectivity index is 1.72. The van der Waals surface area contributed by atoms with E-state index in [1.807, 2.05) is 0 Å². The van der Waals surface area contributed by atoms with Gasteiger partial charge in [-0.3, -0.25) is 23.4 Å². The van der Waals surface area contributed by atoms with Crippen LogP contribution in [-0.4, -0.2) is 204 Å². The molecule has 2 saturated heterocycles. The van der Waals surface area contributed by atoms with Crippen LogP contribution in [0.2, 0.25) is 0 Å². The molecule has 96 heavy (non-hydrogen) atoms. The molecule has 564 valence electrons. The topological polar surface area (TPSA) is 374 Å². The van der Waals surface area contributed by atoms with Crippen molar-refractivity contribution in [3.05, 3.63) is 12.2 Å². The summed E-state index contributed by atoms with van der Waals surface area (Å²) in [5.74, 6) is -2.00. The van der Waals surface area contributed by atoms with Crippen LogP contribution >= 0.6 is 7.82 Å². The van der Waals surface area contributed by atoms with Gasteiger partial charge in [0.15, 0.2) is 18.7 Å². The maximum atomic E-state index is 14.3. The molecule has 1 saturated carbocycles. The molecule has 18 atom stereocenters. The Morgan fingerprint density at radius 2 is 0.729 bits per heavy atom. The van der Waals surface area contributed by atoms with Gasteiger partial charge in [0.1, 0.15) is 98.7 Å². The normalized spacial score (nSPS) is 28.0. The third-order valence-electron chi connectivity index (χ3n) is 18.5. The Bertz CT molecular complexity index is 2040. The van der Waals surface area contributed by atoms with Gasteiger partial charge >= 0.3 is 25.7 Å². The number of carbonyl (C=O) groups is 3. The van der Waals surface area contributed by atoms with Crippen LogP contribution in [0.4, 0.5) is 0 Å². The Kier molecular flexibility index (Phi) is 49.0. The fourth-order valence-corrected chi connectivity index (χ4v) is 13.4. The molecule has 25 heteroatoms. The summed E-state index contributed by atoms with van der Waals surface area (Å²) >= 11 is 0. The van der Waals surface area contributed by atoms with Gasteiger partial charge in [0.05, 0.1) is 13.2 Å². The average molecular weight is 1400 g/mol. The van der Waals surface area contributed by atoms with E-state index in [1.54, 1.807) is 0 Å². The fourth-order valence-electron chi connectivity index (χ4n) is 12.4. The lowest BCUT2D eigenvalue weighted by atomic mass is 9.84. The molecular formula is C71H131O24P. The molecule has 24 nitrogen and oxygen atoms in total. The Hall–Kier alpha value is -2.30. The van der Waals surface area contributed by atoms with Crippen LogP contribution in [0.25, 0.3) is 0 Å². The van der Waals surface area contributed by atoms with Crippen molar-refractivity contribution in [2.45, 2.75) is 395 Å². The zero-order valence-electron chi connectivity index (χ0n) is 58.7. The summed E-state index contributed by atoms with van der Waals surface area (Å²) in [6.45, 7) is 3.42. The quantitative estimate of drug-likeness (QED) is 0.00886. The van der Waals surface area contributed by atoms with E-state index < -0.39 is 156 Å². The van der Waals surface area contributed by atoms with Crippen LogP contribution in [0, 0.1) is 0 Å². The lowest BCUT2D eigenvalue weighted by molar-refractivity contribution is -0.360. The van der Waals surface area contributed by atoms with Gasteiger partial charge in [-0.05, 0) is 44.9 Å². The monoisotopic (exact) mass is 1400 g/mol.